The van der Waals surface area contributed by atoms with Crippen LogP contribution < -0.4 is 14.8 Å². The van der Waals surface area contributed by atoms with Crippen LogP contribution in [0.15, 0.2) is 36.8 Å². The molecule has 0 spiro atoms. The van der Waals surface area contributed by atoms with Gasteiger partial charge in [-0.15, -0.1) is 0 Å². The fourth-order valence-electron chi connectivity index (χ4n) is 2.94. The second-order valence-electron chi connectivity index (χ2n) is 6.78. The number of rotatable bonds is 12. The molecule has 0 bridgehead atoms. The monoisotopic (exact) mass is 414 g/mol. The van der Waals surface area contributed by atoms with Gasteiger partial charge in [-0.1, -0.05) is 19.4 Å². The average Bonchev–Trinajstić information content (AvgIpc) is 2.79. The second-order valence-corrected chi connectivity index (χ2v) is 6.78. The first kappa shape index (κ1) is 23.1. The predicted molar refractivity (Wildman–Crippen MR) is 114 cm³/mol. The first-order chi connectivity index (χ1) is 14.6. The van der Waals surface area contributed by atoms with E-state index in [4.69, 9.17) is 9.47 Å². The highest BCUT2D eigenvalue weighted by Gasteiger charge is 2.17. The molecule has 1 aromatic heterocycles. The van der Waals surface area contributed by atoms with Gasteiger partial charge < -0.3 is 19.7 Å². The van der Waals surface area contributed by atoms with Crippen LogP contribution in [0.1, 0.15) is 42.2 Å². The van der Waals surface area contributed by atoms with Gasteiger partial charge in [0.25, 0.3) is 5.91 Å². The quantitative estimate of drug-likeness (QED) is 0.574. The number of nitrogens with zero attached hydrogens (tertiary/aromatic N) is 3. The molecule has 8 heteroatoms. The number of amides is 2. The van der Waals surface area contributed by atoms with Crippen LogP contribution >= 0.6 is 0 Å². The molecule has 0 fully saturated rings. The van der Waals surface area contributed by atoms with Crippen LogP contribution in [0.5, 0.6) is 11.5 Å². The molecule has 0 radical (unpaired) electrons. The molecule has 2 amide bonds. The molecule has 8 nitrogen and oxygen atoms in total. The van der Waals surface area contributed by atoms with Crippen molar-refractivity contribution < 1.29 is 19.1 Å². The van der Waals surface area contributed by atoms with Crippen molar-refractivity contribution in [1.29, 1.82) is 0 Å². The number of carbonyl (C=O) groups excluding carboxylic acids is 2. The van der Waals surface area contributed by atoms with Crippen molar-refractivity contribution in [3.05, 3.63) is 48.0 Å². The standard InChI is InChI=1S/C22H30N4O4/c1-4-5-13-26(22(28)18-16-23-11-12-24-18)14-9-21(27)25-10-8-17-6-7-19(29-2)20(15-17)30-3/h6-7,11-12,15-16H,4-5,8-10,13-14H2,1-3H3,(H,25,27). The summed E-state index contributed by atoms with van der Waals surface area (Å²) >= 11 is 0. The van der Waals surface area contributed by atoms with E-state index in [-0.39, 0.29) is 18.2 Å². The van der Waals surface area contributed by atoms with Gasteiger partial charge in [0.05, 0.1) is 20.4 Å². The maximum absolute atomic E-state index is 12.6. The summed E-state index contributed by atoms with van der Waals surface area (Å²) in [4.78, 5) is 34.6. The van der Waals surface area contributed by atoms with Crippen molar-refractivity contribution >= 4 is 11.8 Å². The minimum atomic E-state index is -0.199. The minimum absolute atomic E-state index is 0.0936. The fraction of sp³-hybridized carbons (Fsp3) is 0.455. The van der Waals surface area contributed by atoms with Crippen LogP contribution in [0, 0.1) is 0 Å². The van der Waals surface area contributed by atoms with E-state index >= 15 is 0 Å². The minimum Gasteiger partial charge on any atom is -0.493 e. The van der Waals surface area contributed by atoms with Crippen LogP contribution in [-0.4, -0.2) is 60.5 Å². The Morgan fingerprint density at radius 1 is 1.10 bits per heavy atom. The molecule has 0 saturated heterocycles. The summed E-state index contributed by atoms with van der Waals surface area (Å²) in [6, 6.07) is 5.69. The van der Waals surface area contributed by atoms with Crippen molar-refractivity contribution in [2.24, 2.45) is 0 Å². The largest absolute Gasteiger partial charge is 0.493 e. The number of hydrogen-bond donors (Lipinski definition) is 1. The van der Waals surface area contributed by atoms with Gasteiger partial charge in [0, 0.05) is 38.4 Å². The molecule has 1 heterocycles. The molecular formula is C22H30N4O4. The molecule has 0 aliphatic rings. The van der Waals surface area contributed by atoms with E-state index in [1.807, 2.05) is 18.2 Å². The van der Waals surface area contributed by atoms with Crippen LogP contribution in [0.2, 0.25) is 0 Å². The third-order valence-electron chi connectivity index (χ3n) is 4.64. The number of aromatic nitrogens is 2. The Balaban J connectivity index is 1.83. The third-order valence-corrected chi connectivity index (χ3v) is 4.64. The van der Waals surface area contributed by atoms with Crippen molar-refractivity contribution in [2.45, 2.75) is 32.6 Å². The molecule has 0 aliphatic heterocycles. The van der Waals surface area contributed by atoms with E-state index < -0.39 is 0 Å². The first-order valence-electron chi connectivity index (χ1n) is 10.1. The van der Waals surface area contributed by atoms with Gasteiger partial charge in [-0.05, 0) is 30.5 Å². The molecule has 2 aromatic rings. The molecular weight excluding hydrogens is 384 g/mol. The maximum atomic E-state index is 12.6. The van der Waals surface area contributed by atoms with Crippen LogP contribution in [-0.2, 0) is 11.2 Å². The van der Waals surface area contributed by atoms with E-state index in [1.54, 1.807) is 19.1 Å². The molecule has 0 aliphatic carbocycles. The lowest BCUT2D eigenvalue weighted by atomic mass is 10.1. The molecule has 162 valence electrons. The highest BCUT2D eigenvalue weighted by molar-refractivity contribution is 5.92. The first-order valence-corrected chi connectivity index (χ1v) is 10.1. The number of hydrogen-bond acceptors (Lipinski definition) is 6. The normalized spacial score (nSPS) is 10.4. The summed E-state index contributed by atoms with van der Waals surface area (Å²) < 4.78 is 10.5. The highest BCUT2D eigenvalue weighted by Crippen LogP contribution is 2.27. The topological polar surface area (TPSA) is 93.7 Å². The molecule has 1 aromatic carbocycles. The van der Waals surface area contributed by atoms with E-state index in [9.17, 15) is 9.59 Å². The summed E-state index contributed by atoms with van der Waals surface area (Å²) in [6.45, 7) is 3.50. The fourth-order valence-corrected chi connectivity index (χ4v) is 2.94. The van der Waals surface area contributed by atoms with Crippen LogP contribution in [0.4, 0.5) is 0 Å². The van der Waals surface area contributed by atoms with Gasteiger partial charge in [-0.25, -0.2) is 4.98 Å². The zero-order valence-corrected chi connectivity index (χ0v) is 17.9. The van der Waals surface area contributed by atoms with Crippen molar-refractivity contribution in [3.63, 3.8) is 0 Å². The Bertz CT molecular complexity index is 814. The predicted octanol–water partition coefficient (Wildman–Crippen LogP) is 2.49. The number of unbranched alkanes of at least 4 members (excludes halogenated alkanes) is 1. The number of nitrogens with one attached hydrogen (secondary N) is 1. The summed E-state index contributed by atoms with van der Waals surface area (Å²) in [5.41, 5.74) is 1.33. The molecule has 0 unspecified atom stereocenters. The molecule has 0 saturated carbocycles. The lowest BCUT2D eigenvalue weighted by Gasteiger charge is -2.21. The van der Waals surface area contributed by atoms with Gasteiger partial charge in [0.15, 0.2) is 11.5 Å². The van der Waals surface area contributed by atoms with Crippen molar-refractivity contribution in [3.8, 4) is 11.5 Å². The molecule has 0 atom stereocenters. The molecule has 1 N–H and O–H groups in total. The summed E-state index contributed by atoms with van der Waals surface area (Å²) in [5, 5.41) is 2.91. The Kier molecular flexibility index (Phi) is 9.57. The van der Waals surface area contributed by atoms with Crippen LogP contribution in [0.3, 0.4) is 0 Å². The Morgan fingerprint density at radius 3 is 2.57 bits per heavy atom. The van der Waals surface area contributed by atoms with E-state index in [1.165, 1.54) is 18.6 Å². The number of carbonyl (C=O) groups is 2. The van der Waals surface area contributed by atoms with E-state index in [0.717, 1.165) is 18.4 Å². The maximum Gasteiger partial charge on any atom is 0.274 e. The summed E-state index contributed by atoms with van der Waals surface area (Å²) in [6.07, 6.45) is 7.20. The summed E-state index contributed by atoms with van der Waals surface area (Å²) in [5.74, 6) is 1.04. The lowest BCUT2D eigenvalue weighted by molar-refractivity contribution is -0.121. The van der Waals surface area contributed by atoms with Gasteiger partial charge >= 0.3 is 0 Å². The number of ether oxygens (including phenoxy) is 2. The molecule has 2 rings (SSSR count). The Hall–Kier alpha value is -3.16. The number of benzene rings is 1. The Labute approximate surface area is 177 Å². The van der Waals surface area contributed by atoms with Crippen LogP contribution in [0.25, 0.3) is 0 Å². The average molecular weight is 415 g/mol. The van der Waals surface area contributed by atoms with Gasteiger partial charge in [0.2, 0.25) is 5.91 Å². The van der Waals surface area contributed by atoms with Crippen molar-refractivity contribution in [1.82, 2.24) is 20.2 Å². The zero-order chi connectivity index (χ0) is 21.8. The highest BCUT2D eigenvalue weighted by atomic mass is 16.5. The molecule has 30 heavy (non-hydrogen) atoms. The SMILES string of the molecule is CCCCN(CCC(=O)NCCc1ccc(OC)c(OC)c1)C(=O)c1cnccn1. The zero-order valence-electron chi connectivity index (χ0n) is 17.9. The smallest absolute Gasteiger partial charge is 0.274 e. The lowest BCUT2D eigenvalue weighted by Crippen LogP contribution is -2.36. The van der Waals surface area contributed by atoms with E-state index in [2.05, 4.69) is 22.2 Å². The van der Waals surface area contributed by atoms with Crippen molar-refractivity contribution in [2.75, 3.05) is 33.9 Å². The summed E-state index contributed by atoms with van der Waals surface area (Å²) in [7, 11) is 3.19. The van der Waals surface area contributed by atoms with Gasteiger partial charge in [-0.3, -0.25) is 14.6 Å². The second kappa shape index (κ2) is 12.4. The Morgan fingerprint density at radius 2 is 1.90 bits per heavy atom. The van der Waals surface area contributed by atoms with Gasteiger partial charge in [-0.2, -0.15) is 0 Å². The number of methoxy groups -OCH3 is 2. The van der Waals surface area contributed by atoms with Gasteiger partial charge in [0.1, 0.15) is 5.69 Å². The van der Waals surface area contributed by atoms with E-state index in [0.29, 0.717) is 43.2 Å². The third kappa shape index (κ3) is 7.02.